The molecule has 0 amide bonds. The Hall–Kier alpha value is -3.67. The van der Waals surface area contributed by atoms with Crippen molar-refractivity contribution in [2.24, 2.45) is 0 Å². The number of aromatic carboxylic acids is 2. The van der Waals surface area contributed by atoms with Gasteiger partial charge in [0.1, 0.15) is 0 Å². The van der Waals surface area contributed by atoms with E-state index in [1.165, 1.54) is 25.1 Å². The van der Waals surface area contributed by atoms with Gasteiger partial charge in [0.05, 0.1) is 17.5 Å². The van der Waals surface area contributed by atoms with E-state index >= 15 is 0 Å². The van der Waals surface area contributed by atoms with Gasteiger partial charge in [0.2, 0.25) is 0 Å². The lowest BCUT2D eigenvalue weighted by Crippen LogP contribution is -2.06. The number of hydrogen-bond acceptors (Lipinski definition) is 3. The Labute approximate surface area is 155 Å². The van der Waals surface area contributed by atoms with Crippen molar-refractivity contribution in [3.63, 3.8) is 0 Å². The second kappa shape index (κ2) is 8.62. The van der Waals surface area contributed by atoms with Gasteiger partial charge in [0, 0.05) is 0 Å². The molecule has 0 fully saturated rings. The fraction of sp³-hybridized carbons (Fsp3) is 0.0952. The largest absolute Gasteiger partial charge is 0.481 e. The predicted molar refractivity (Wildman–Crippen MR) is 100 cm³/mol. The third-order valence-electron chi connectivity index (χ3n) is 4.02. The van der Waals surface area contributed by atoms with E-state index in [1.54, 1.807) is 0 Å². The zero-order valence-corrected chi connectivity index (χ0v) is 14.5. The van der Waals surface area contributed by atoms with Gasteiger partial charge in [-0.1, -0.05) is 48.5 Å². The molecule has 6 nitrogen and oxygen atoms in total. The van der Waals surface area contributed by atoms with Gasteiger partial charge in [-0.05, 0) is 41.0 Å². The van der Waals surface area contributed by atoms with Gasteiger partial charge >= 0.3 is 17.9 Å². The van der Waals surface area contributed by atoms with Crippen LogP contribution in [0.25, 0.3) is 10.8 Å². The molecule has 0 aliphatic rings. The molecule has 0 atom stereocenters. The maximum atomic E-state index is 10.6. The third kappa shape index (κ3) is 4.92. The highest BCUT2D eigenvalue weighted by Gasteiger charge is 2.13. The van der Waals surface area contributed by atoms with Crippen molar-refractivity contribution in [2.45, 2.75) is 13.3 Å². The minimum atomic E-state index is -1.11. The lowest BCUT2D eigenvalue weighted by molar-refractivity contribution is -0.136. The first-order chi connectivity index (χ1) is 12.8. The molecular weight excluding hydrogens is 348 g/mol. The quantitative estimate of drug-likeness (QED) is 0.646. The number of benzene rings is 3. The molecule has 0 spiro atoms. The smallest absolute Gasteiger partial charge is 0.335 e. The zero-order valence-electron chi connectivity index (χ0n) is 14.5. The highest BCUT2D eigenvalue weighted by molar-refractivity contribution is 5.96. The van der Waals surface area contributed by atoms with E-state index in [-0.39, 0.29) is 23.1 Å². The van der Waals surface area contributed by atoms with Crippen molar-refractivity contribution in [3.8, 4) is 0 Å². The SMILES string of the molecule is Cc1c(C(=O)O)cccc1C(=O)O.O=C(O)Cc1cccc2ccccc12. The molecule has 3 rings (SSSR count). The van der Waals surface area contributed by atoms with E-state index in [9.17, 15) is 14.4 Å². The van der Waals surface area contributed by atoms with E-state index in [4.69, 9.17) is 15.3 Å². The van der Waals surface area contributed by atoms with Crippen LogP contribution in [0, 0.1) is 6.92 Å². The van der Waals surface area contributed by atoms with Gasteiger partial charge in [-0.2, -0.15) is 0 Å². The van der Waals surface area contributed by atoms with Crippen LogP contribution in [0.3, 0.4) is 0 Å². The maximum absolute atomic E-state index is 10.6. The summed E-state index contributed by atoms with van der Waals surface area (Å²) in [6.07, 6.45) is 0.0847. The Morgan fingerprint density at radius 1 is 0.741 bits per heavy atom. The number of fused-ring (bicyclic) bond motifs is 1. The van der Waals surface area contributed by atoms with Crippen molar-refractivity contribution in [2.75, 3.05) is 0 Å². The monoisotopic (exact) mass is 366 g/mol. The lowest BCUT2D eigenvalue weighted by Gasteiger charge is -2.03. The number of aliphatic carboxylic acids is 1. The summed E-state index contributed by atoms with van der Waals surface area (Å²) in [6, 6.07) is 17.7. The van der Waals surface area contributed by atoms with E-state index in [0.717, 1.165) is 16.3 Å². The molecule has 3 aromatic rings. The maximum Gasteiger partial charge on any atom is 0.335 e. The highest BCUT2D eigenvalue weighted by Crippen LogP contribution is 2.18. The fourth-order valence-corrected chi connectivity index (χ4v) is 2.71. The molecule has 0 aliphatic carbocycles. The molecule has 0 bridgehead atoms. The Kier molecular flexibility index (Phi) is 6.27. The van der Waals surface area contributed by atoms with Gasteiger partial charge in [-0.25, -0.2) is 9.59 Å². The molecule has 0 saturated carbocycles. The van der Waals surface area contributed by atoms with Gasteiger partial charge in [0.15, 0.2) is 0 Å². The van der Waals surface area contributed by atoms with Crippen LogP contribution < -0.4 is 0 Å². The first-order valence-corrected chi connectivity index (χ1v) is 8.06. The van der Waals surface area contributed by atoms with Crippen LogP contribution in [0.5, 0.6) is 0 Å². The molecule has 0 saturated heterocycles. The van der Waals surface area contributed by atoms with Crippen molar-refractivity contribution in [1.82, 2.24) is 0 Å². The molecule has 0 aliphatic heterocycles. The highest BCUT2D eigenvalue weighted by atomic mass is 16.4. The second-order valence-corrected chi connectivity index (χ2v) is 5.80. The summed E-state index contributed by atoms with van der Waals surface area (Å²) in [6.45, 7) is 1.48. The summed E-state index contributed by atoms with van der Waals surface area (Å²) >= 11 is 0. The number of carbonyl (C=O) groups is 3. The van der Waals surface area contributed by atoms with Crippen LogP contribution in [0.1, 0.15) is 31.8 Å². The Bertz CT molecular complexity index is 969. The third-order valence-corrected chi connectivity index (χ3v) is 4.02. The number of rotatable bonds is 4. The van der Waals surface area contributed by atoms with Crippen molar-refractivity contribution in [1.29, 1.82) is 0 Å². The van der Waals surface area contributed by atoms with Crippen molar-refractivity contribution >= 4 is 28.7 Å². The topological polar surface area (TPSA) is 112 Å². The summed E-state index contributed by atoms with van der Waals surface area (Å²) in [5.41, 5.74) is 1.21. The molecule has 0 aromatic heterocycles. The standard InChI is InChI=1S/C12H10O2.C9H8O4/c13-12(14)8-10-6-3-5-9-4-1-2-7-11(9)10;1-5-6(8(10)11)3-2-4-7(5)9(12)13/h1-7H,8H2,(H,13,14);2-4H,1H3,(H,10,11)(H,12,13). The second-order valence-electron chi connectivity index (χ2n) is 5.80. The zero-order chi connectivity index (χ0) is 20.0. The molecule has 0 heterocycles. The van der Waals surface area contributed by atoms with Gasteiger partial charge in [-0.15, -0.1) is 0 Å². The summed E-state index contributed by atoms with van der Waals surface area (Å²) in [5.74, 6) is -3.01. The predicted octanol–water partition coefficient (Wildman–Crippen LogP) is 3.86. The van der Waals surface area contributed by atoms with Crippen LogP contribution in [-0.2, 0) is 11.2 Å². The number of carboxylic acid groups (broad SMARTS) is 3. The molecule has 6 heteroatoms. The molecule has 138 valence electrons. The van der Waals surface area contributed by atoms with Crippen LogP contribution in [0.2, 0.25) is 0 Å². The van der Waals surface area contributed by atoms with E-state index in [0.29, 0.717) is 0 Å². The van der Waals surface area contributed by atoms with Crippen LogP contribution in [0.15, 0.2) is 60.7 Å². The molecule has 0 radical (unpaired) electrons. The number of carboxylic acids is 3. The minimum Gasteiger partial charge on any atom is -0.481 e. The summed E-state index contributed by atoms with van der Waals surface area (Å²) in [5, 5.41) is 28.2. The van der Waals surface area contributed by atoms with Crippen LogP contribution in [0.4, 0.5) is 0 Å². The van der Waals surface area contributed by atoms with E-state index in [1.807, 2.05) is 42.5 Å². The van der Waals surface area contributed by atoms with Crippen LogP contribution in [-0.4, -0.2) is 33.2 Å². The molecule has 3 N–H and O–H groups in total. The fourth-order valence-electron chi connectivity index (χ4n) is 2.71. The summed E-state index contributed by atoms with van der Waals surface area (Å²) < 4.78 is 0. The van der Waals surface area contributed by atoms with E-state index in [2.05, 4.69) is 0 Å². The summed E-state index contributed by atoms with van der Waals surface area (Å²) in [7, 11) is 0. The molecule has 3 aromatic carbocycles. The Morgan fingerprint density at radius 2 is 1.26 bits per heavy atom. The van der Waals surface area contributed by atoms with Crippen molar-refractivity contribution in [3.05, 3.63) is 82.9 Å². The van der Waals surface area contributed by atoms with Gasteiger partial charge in [-0.3, -0.25) is 4.79 Å². The molecular formula is C21H18O6. The Morgan fingerprint density at radius 3 is 1.81 bits per heavy atom. The lowest BCUT2D eigenvalue weighted by atomic mass is 10.0. The van der Waals surface area contributed by atoms with Gasteiger partial charge < -0.3 is 15.3 Å². The molecule has 0 unspecified atom stereocenters. The normalized spacial score (nSPS) is 9.96. The summed E-state index contributed by atoms with van der Waals surface area (Å²) in [4.78, 5) is 31.8. The minimum absolute atomic E-state index is 0.0277. The number of hydrogen-bond donors (Lipinski definition) is 3. The van der Waals surface area contributed by atoms with E-state index < -0.39 is 17.9 Å². The average molecular weight is 366 g/mol. The average Bonchev–Trinajstić information content (AvgIpc) is 2.62. The first kappa shape index (κ1) is 19.7. The molecule has 27 heavy (non-hydrogen) atoms. The van der Waals surface area contributed by atoms with Gasteiger partial charge in [0.25, 0.3) is 0 Å². The Balaban J connectivity index is 0.000000194. The first-order valence-electron chi connectivity index (χ1n) is 8.06. The van der Waals surface area contributed by atoms with Crippen molar-refractivity contribution < 1.29 is 29.7 Å². The van der Waals surface area contributed by atoms with Crippen LogP contribution >= 0.6 is 0 Å².